The summed E-state index contributed by atoms with van der Waals surface area (Å²) in [6.45, 7) is 0.327. The molecule has 0 aromatic heterocycles. The molecule has 4 heteroatoms. The summed E-state index contributed by atoms with van der Waals surface area (Å²) in [4.78, 5) is 10.8. The molecule has 1 aliphatic heterocycles. The Balaban J connectivity index is 2.24. The van der Waals surface area contributed by atoms with Crippen molar-refractivity contribution in [3.63, 3.8) is 0 Å². The van der Waals surface area contributed by atoms with Crippen molar-refractivity contribution in [2.45, 2.75) is 6.04 Å². The predicted molar refractivity (Wildman–Crippen MR) is 48.4 cm³/mol. The van der Waals surface area contributed by atoms with Crippen LogP contribution in [0.15, 0.2) is 24.3 Å². The molecule has 0 saturated carbocycles. The molecule has 0 aliphatic carbocycles. The van der Waals surface area contributed by atoms with Gasteiger partial charge in [0.1, 0.15) is 6.61 Å². The van der Waals surface area contributed by atoms with E-state index in [4.69, 9.17) is 10.00 Å². The van der Waals surface area contributed by atoms with Crippen LogP contribution in [0.5, 0.6) is 0 Å². The monoisotopic (exact) mass is 188 g/mol. The number of nitriles is 1. The van der Waals surface area contributed by atoms with Crippen LogP contribution < -0.4 is 5.32 Å². The number of ether oxygens (including phenoxy) is 1. The Labute approximate surface area is 81.1 Å². The van der Waals surface area contributed by atoms with Crippen LogP contribution in [0.4, 0.5) is 4.79 Å². The molecule has 1 saturated heterocycles. The molecule has 1 atom stereocenters. The van der Waals surface area contributed by atoms with Crippen molar-refractivity contribution in [2.24, 2.45) is 0 Å². The van der Waals surface area contributed by atoms with Crippen LogP contribution in [-0.2, 0) is 4.74 Å². The smallest absolute Gasteiger partial charge is 0.407 e. The number of alkyl carbamates (subject to hydrolysis) is 1. The Hall–Kier alpha value is -2.02. The van der Waals surface area contributed by atoms with Gasteiger partial charge in [-0.15, -0.1) is 0 Å². The lowest BCUT2D eigenvalue weighted by molar-refractivity contribution is 0.177. The number of carbonyl (C=O) groups is 1. The van der Waals surface area contributed by atoms with Crippen LogP contribution in [0.1, 0.15) is 17.2 Å². The van der Waals surface area contributed by atoms with Crippen LogP contribution in [-0.4, -0.2) is 12.7 Å². The van der Waals surface area contributed by atoms with Gasteiger partial charge in [0, 0.05) is 0 Å². The molecule has 1 fully saturated rings. The second kappa shape index (κ2) is 3.38. The number of rotatable bonds is 1. The van der Waals surface area contributed by atoms with Crippen LogP contribution in [0.3, 0.4) is 0 Å². The zero-order chi connectivity index (χ0) is 9.97. The van der Waals surface area contributed by atoms with Crippen LogP contribution in [0, 0.1) is 11.3 Å². The molecule has 70 valence electrons. The van der Waals surface area contributed by atoms with Gasteiger partial charge in [-0.3, -0.25) is 0 Å². The fourth-order valence-corrected chi connectivity index (χ4v) is 1.39. The molecule has 0 radical (unpaired) electrons. The largest absolute Gasteiger partial charge is 0.447 e. The van der Waals surface area contributed by atoms with Gasteiger partial charge in [-0.2, -0.15) is 5.26 Å². The number of hydrogen-bond donors (Lipinski definition) is 1. The third kappa shape index (κ3) is 1.52. The van der Waals surface area contributed by atoms with Gasteiger partial charge in [0.2, 0.25) is 0 Å². The van der Waals surface area contributed by atoms with E-state index < -0.39 is 6.09 Å². The van der Waals surface area contributed by atoms with Crippen molar-refractivity contribution < 1.29 is 9.53 Å². The molecule has 0 spiro atoms. The first-order valence-electron chi connectivity index (χ1n) is 4.23. The predicted octanol–water partition coefficient (Wildman–Crippen LogP) is 1.34. The molecule has 1 aliphatic rings. The van der Waals surface area contributed by atoms with E-state index in [1.54, 1.807) is 18.2 Å². The van der Waals surface area contributed by atoms with Crippen molar-refractivity contribution in [1.82, 2.24) is 5.32 Å². The molecule has 0 bridgehead atoms. The lowest BCUT2D eigenvalue weighted by Crippen LogP contribution is -2.18. The van der Waals surface area contributed by atoms with Crippen LogP contribution in [0.25, 0.3) is 0 Å². The number of benzene rings is 1. The molecular formula is C10H8N2O2. The zero-order valence-corrected chi connectivity index (χ0v) is 7.36. The molecule has 1 aromatic rings. The quantitative estimate of drug-likeness (QED) is 0.723. The van der Waals surface area contributed by atoms with E-state index in [1.807, 2.05) is 12.1 Å². The van der Waals surface area contributed by atoms with E-state index in [0.29, 0.717) is 12.2 Å². The molecule has 1 aromatic carbocycles. The number of amides is 1. The van der Waals surface area contributed by atoms with Gasteiger partial charge < -0.3 is 10.1 Å². The van der Waals surface area contributed by atoms with Crippen molar-refractivity contribution in [1.29, 1.82) is 5.26 Å². The number of nitrogens with zero attached hydrogens (tertiary/aromatic N) is 1. The first-order valence-corrected chi connectivity index (χ1v) is 4.23. The molecule has 1 amide bonds. The summed E-state index contributed by atoms with van der Waals surface area (Å²) in [7, 11) is 0. The summed E-state index contributed by atoms with van der Waals surface area (Å²) in [5, 5.41) is 11.3. The summed E-state index contributed by atoms with van der Waals surface area (Å²) in [6.07, 6.45) is -0.405. The van der Waals surface area contributed by atoms with E-state index in [-0.39, 0.29) is 6.04 Å². The molecule has 1 heterocycles. The van der Waals surface area contributed by atoms with Crippen molar-refractivity contribution in [2.75, 3.05) is 6.61 Å². The van der Waals surface area contributed by atoms with Crippen LogP contribution >= 0.6 is 0 Å². The van der Waals surface area contributed by atoms with Gasteiger partial charge in [-0.25, -0.2) is 4.79 Å². The van der Waals surface area contributed by atoms with Gasteiger partial charge in [0.15, 0.2) is 0 Å². The molecule has 0 unspecified atom stereocenters. The van der Waals surface area contributed by atoms with Gasteiger partial charge >= 0.3 is 6.09 Å². The van der Waals surface area contributed by atoms with Crippen molar-refractivity contribution in [3.8, 4) is 6.07 Å². The van der Waals surface area contributed by atoms with E-state index in [2.05, 4.69) is 5.32 Å². The van der Waals surface area contributed by atoms with E-state index in [0.717, 1.165) is 5.56 Å². The summed E-state index contributed by atoms with van der Waals surface area (Å²) >= 11 is 0. The lowest BCUT2D eigenvalue weighted by Gasteiger charge is -2.06. The minimum atomic E-state index is -0.405. The number of hydrogen-bond acceptors (Lipinski definition) is 3. The highest BCUT2D eigenvalue weighted by Gasteiger charge is 2.23. The average molecular weight is 188 g/mol. The number of nitrogens with one attached hydrogen (secondary N) is 1. The third-order valence-corrected chi connectivity index (χ3v) is 2.09. The molecule has 4 nitrogen and oxygen atoms in total. The first-order chi connectivity index (χ1) is 6.79. The molecule has 1 N–H and O–H groups in total. The maximum absolute atomic E-state index is 10.8. The molecule has 2 rings (SSSR count). The maximum atomic E-state index is 10.8. The van der Waals surface area contributed by atoms with Gasteiger partial charge in [-0.05, 0) is 17.7 Å². The SMILES string of the molecule is N#Cc1cccc([C@H]2COC(=O)N2)c1. The topological polar surface area (TPSA) is 62.1 Å². The van der Waals surface area contributed by atoms with E-state index in [1.165, 1.54) is 0 Å². The highest BCUT2D eigenvalue weighted by Crippen LogP contribution is 2.18. The van der Waals surface area contributed by atoms with Gasteiger partial charge in [-0.1, -0.05) is 12.1 Å². The van der Waals surface area contributed by atoms with E-state index >= 15 is 0 Å². The zero-order valence-electron chi connectivity index (χ0n) is 7.36. The fraction of sp³-hybridized carbons (Fsp3) is 0.200. The second-order valence-electron chi connectivity index (χ2n) is 3.03. The average Bonchev–Trinajstić information content (AvgIpc) is 2.65. The summed E-state index contributed by atoms with van der Waals surface area (Å²) in [5.41, 5.74) is 1.48. The van der Waals surface area contributed by atoms with Crippen LogP contribution in [0.2, 0.25) is 0 Å². The Morgan fingerprint density at radius 1 is 1.57 bits per heavy atom. The highest BCUT2D eigenvalue weighted by molar-refractivity contribution is 5.70. The highest BCUT2D eigenvalue weighted by atomic mass is 16.6. The van der Waals surface area contributed by atoms with Gasteiger partial charge in [0.05, 0.1) is 17.7 Å². The summed E-state index contributed by atoms with van der Waals surface area (Å²) in [6, 6.07) is 9.04. The maximum Gasteiger partial charge on any atom is 0.407 e. The van der Waals surface area contributed by atoms with Crippen molar-refractivity contribution in [3.05, 3.63) is 35.4 Å². The van der Waals surface area contributed by atoms with E-state index in [9.17, 15) is 4.79 Å². The number of carbonyl (C=O) groups excluding carboxylic acids is 1. The minimum absolute atomic E-state index is 0.129. The Kier molecular flexibility index (Phi) is 2.07. The normalized spacial score (nSPS) is 19.6. The standard InChI is InChI=1S/C10H8N2O2/c11-5-7-2-1-3-8(4-7)9-6-14-10(13)12-9/h1-4,9H,6H2,(H,12,13)/t9-/m1/s1. The van der Waals surface area contributed by atoms with Crippen molar-refractivity contribution >= 4 is 6.09 Å². The fourth-order valence-electron chi connectivity index (χ4n) is 1.39. The third-order valence-electron chi connectivity index (χ3n) is 2.09. The Morgan fingerprint density at radius 2 is 2.43 bits per heavy atom. The lowest BCUT2D eigenvalue weighted by atomic mass is 10.1. The Bertz CT molecular complexity index is 409. The summed E-state index contributed by atoms with van der Waals surface area (Å²) < 4.78 is 4.76. The van der Waals surface area contributed by atoms with Gasteiger partial charge in [0.25, 0.3) is 0 Å². The number of cyclic esters (lactones) is 1. The first kappa shape index (κ1) is 8.57. The summed E-state index contributed by atoms with van der Waals surface area (Å²) in [5.74, 6) is 0. The molecule has 14 heavy (non-hydrogen) atoms. The Morgan fingerprint density at radius 3 is 3.07 bits per heavy atom. The molecular weight excluding hydrogens is 180 g/mol. The minimum Gasteiger partial charge on any atom is -0.447 e. The second-order valence-corrected chi connectivity index (χ2v) is 3.03.